The smallest absolute Gasteiger partial charge is 0.377 e. The first-order chi connectivity index (χ1) is 10.4. The van der Waals surface area contributed by atoms with Gasteiger partial charge < -0.3 is 18.6 Å². The van der Waals surface area contributed by atoms with Gasteiger partial charge >= 0.3 is 8.80 Å². The van der Waals surface area contributed by atoms with Crippen LogP contribution in [0.1, 0.15) is 30.6 Å². The van der Waals surface area contributed by atoms with E-state index >= 15 is 0 Å². The van der Waals surface area contributed by atoms with Gasteiger partial charge in [-0.1, -0.05) is 30.3 Å². The average molecular weight is 325 g/mol. The summed E-state index contributed by atoms with van der Waals surface area (Å²) in [6.45, 7) is 4.49. The van der Waals surface area contributed by atoms with Gasteiger partial charge in [-0.3, -0.25) is 4.79 Å². The fourth-order valence-corrected chi connectivity index (χ4v) is 4.01. The molecular formula is C16H27NO4Si. The minimum absolute atomic E-state index is 0.0850. The highest BCUT2D eigenvalue weighted by Gasteiger charge is 2.37. The number of ketones is 1. The zero-order chi connectivity index (χ0) is 16.6. The number of carbonyl (C=O) groups excluding carboxylic acids is 1. The fraction of sp³-hybridized carbons (Fsp3) is 0.562. The Balaban J connectivity index is 2.51. The summed E-state index contributed by atoms with van der Waals surface area (Å²) in [5.41, 5.74) is 0.105. The van der Waals surface area contributed by atoms with Gasteiger partial charge in [0.2, 0.25) is 0 Å². The Morgan fingerprint density at radius 2 is 1.64 bits per heavy atom. The molecule has 0 fully saturated rings. The van der Waals surface area contributed by atoms with Gasteiger partial charge in [0.05, 0.1) is 5.54 Å². The summed E-state index contributed by atoms with van der Waals surface area (Å²) in [5, 5.41) is 3.31. The second-order valence-corrected chi connectivity index (χ2v) is 8.74. The molecular weight excluding hydrogens is 298 g/mol. The highest BCUT2D eigenvalue weighted by Crippen LogP contribution is 2.16. The van der Waals surface area contributed by atoms with Crippen LogP contribution in [-0.4, -0.2) is 48.0 Å². The minimum Gasteiger partial charge on any atom is -0.377 e. The fourth-order valence-electron chi connectivity index (χ4n) is 2.29. The molecule has 0 saturated heterocycles. The van der Waals surface area contributed by atoms with Crippen LogP contribution in [0.15, 0.2) is 30.3 Å². The van der Waals surface area contributed by atoms with Gasteiger partial charge in [-0.25, -0.2) is 0 Å². The molecule has 124 valence electrons. The first-order valence-corrected chi connectivity index (χ1v) is 9.34. The molecule has 0 amide bonds. The summed E-state index contributed by atoms with van der Waals surface area (Å²) < 4.78 is 16.2. The van der Waals surface area contributed by atoms with Crippen molar-refractivity contribution >= 4 is 14.6 Å². The van der Waals surface area contributed by atoms with E-state index in [1.54, 1.807) is 21.3 Å². The standard InChI is InChI=1S/C16H27NO4Si/c1-16(2,15(18)14-10-7-6-8-11-14)17-12-9-13-22(19-3,20-4)21-5/h6-8,10-11,17H,9,12-13H2,1-5H3. The number of benzene rings is 1. The van der Waals surface area contributed by atoms with Crippen LogP contribution in [0.25, 0.3) is 0 Å². The maximum atomic E-state index is 12.5. The zero-order valence-corrected chi connectivity index (χ0v) is 15.1. The summed E-state index contributed by atoms with van der Waals surface area (Å²) >= 11 is 0. The number of rotatable bonds is 10. The predicted octanol–water partition coefficient (Wildman–Crippen LogP) is 2.51. The van der Waals surface area contributed by atoms with E-state index in [1.807, 2.05) is 44.2 Å². The molecule has 1 N–H and O–H groups in total. The molecule has 0 aliphatic heterocycles. The Hall–Kier alpha value is -1.05. The van der Waals surface area contributed by atoms with Gasteiger partial charge in [0.1, 0.15) is 0 Å². The van der Waals surface area contributed by atoms with Gasteiger partial charge in [-0.05, 0) is 26.8 Å². The average Bonchev–Trinajstić information content (AvgIpc) is 2.56. The van der Waals surface area contributed by atoms with Crippen molar-refractivity contribution in [2.24, 2.45) is 0 Å². The predicted molar refractivity (Wildman–Crippen MR) is 89.1 cm³/mol. The molecule has 0 heterocycles. The monoisotopic (exact) mass is 325 g/mol. The molecule has 0 aromatic heterocycles. The topological polar surface area (TPSA) is 56.8 Å². The van der Waals surface area contributed by atoms with Gasteiger partial charge in [0, 0.05) is 32.9 Å². The highest BCUT2D eigenvalue weighted by molar-refractivity contribution is 6.60. The molecule has 0 radical (unpaired) electrons. The third-order valence-electron chi connectivity index (χ3n) is 3.76. The lowest BCUT2D eigenvalue weighted by molar-refractivity contribution is 0.0881. The summed E-state index contributed by atoms with van der Waals surface area (Å²) in [4.78, 5) is 12.5. The van der Waals surface area contributed by atoms with Crippen molar-refractivity contribution in [2.75, 3.05) is 27.9 Å². The van der Waals surface area contributed by atoms with E-state index in [0.717, 1.165) is 12.0 Å². The van der Waals surface area contributed by atoms with Crippen LogP contribution in [-0.2, 0) is 13.3 Å². The number of hydrogen-bond donors (Lipinski definition) is 1. The maximum Gasteiger partial charge on any atom is 0.500 e. The molecule has 5 nitrogen and oxygen atoms in total. The Kier molecular flexibility index (Phi) is 7.38. The molecule has 0 aliphatic rings. The van der Waals surface area contributed by atoms with Gasteiger partial charge in [0.15, 0.2) is 5.78 Å². The summed E-state index contributed by atoms with van der Waals surface area (Å²) in [5.74, 6) is 0.0850. The van der Waals surface area contributed by atoms with Crippen LogP contribution in [0.5, 0.6) is 0 Å². The first kappa shape index (κ1) is 19.0. The molecule has 0 bridgehead atoms. The number of nitrogens with one attached hydrogen (secondary N) is 1. The van der Waals surface area contributed by atoms with Crippen molar-refractivity contribution in [3.8, 4) is 0 Å². The lowest BCUT2D eigenvalue weighted by Gasteiger charge is -2.27. The van der Waals surface area contributed by atoms with Crippen LogP contribution < -0.4 is 5.32 Å². The van der Waals surface area contributed by atoms with Crippen molar-refractivity contribution in [1.29, 1.82) is 0 Å². The van der Waals surface area contributed by atoms with Crippen LogP contribution in [0.2, 0.25) is 6.04 Å². The van der Waals surface area contributed by atoms with Gasteiger partial charge in [0.25, 0.3) is 0 Å². The lowest BCUT2D eigenvalue weighted by Crippen LogP contribution is -2.48. The molecule has 0 atom stereocenters. The van der Waals surface area contributed by atoms with Crippen molar-refractivity contribution < 1.29 is 18.1 Å². The maximum absolute atomic E-state index is 12.5. The summed E-state index contributed by atoms with van der Waals surface area (Å²) in [6, 6.07) is 10.0. The van der Waals surface area contributed by atoms with Crippen molar-refractivity contribution in [2.45, 2.75) is 31.9 Å². The normalized spacial score (nSPS) is 12.4. The van der Waals surface area contributed by atoms with E-state index in [9.17, 15) is 4.79 Å². The summed E-state index contributed by atoms with van der Waals surface area (Å²) in [7, 11) is 2.29. The van der Waals surface area contributed by atoms with Crippen molar-refractivity contribution in [3.05, 3.63) is 35.9 Å². The molecule has 1 aromatic rings. The van der Waals surface area contributed by atoms with Crippen molar-refractivity contribution in [3.63, 3.8) is 0 Å². The van der Waals surface area contributed by atoms with Gasteiger partial charge in [-0.2, -0.15) is 0 Å². The van der Waals surface area contributed by atoms with E-state index < -0.39 is 14.3 Å². The Morgan fingerprint density at radius 1 is 1.09 bits per heavy atom. The molecule has 22 heavy (non-hydrogen) atoms. The van der Waals surface area contributed by atoms with Crippen molar-refractivity contribution in [1.82, 2.24) is 5.32 Å². The molecule has 0 saturated carbocycles. The van der Waals surface area contributed by atoms with Crippen LogP contribution in [0, 0.1) is 0 Å². The first-order valence-electron chi connectivity index (χ1n) is 7.41. The van der Waals surface area contributed by atoms with E-state index in [-0.39, 0.29) is 5.78 Å². The Labute approximate surface area is 134 Å². The second kappa shape index (κ2) is 8.55. The molecule has 1 rings (SSSR count). The number of Topliss-reactive ketones (excluding diaryl/α,β-unsaturated/α-hetero) is 1. The molecule has 0 unspecified atom stereocenters. The third kappa shape index (κ3) is 5.00. The number of carbonyl (C=O) groups is 1. The van der Waals surface area contributed by atoms with E-state index in [4.69, 9.17) is 13.3 Å². The second-order valence-electron chi connectivity index (χ2n) is 5.65. The van der Waals surface area contributed by atoms with Crippen LogP contribution in [0.4, 0.5) is 0 Å². The Bertz CT molecular complexity index is 452. The van der Waals surface area contributed by atoms with Gasteiger partial charge in [-0.15, -0.1) is 0 Å². The lowest BCUT2D eigenvalue weighted by atomic mass is 9.93. The summed E-state index contributed by atoms with van der Waals surface area (Å²) in [6.07, 6.45) is 0.813. The third-order valence-corrected chi connectivity index (χ3v) is 6.60. The van der Waals surface area contributed by atoms with E-state index in [2.05, 4.69) is 5.32 Å². The number of hydrogen-bond acceptors (Lipinski definition) is 5. The van der Waals surface area contributed by atoms with E-state index in [0.29, 0.717) is 12.6 Å². The molecule has 1 aromatic carbocycles. The SMILES string of the molecule is CO[Si](CCCNC(C)(C)C(=O)c1ccccc1)(OC)OC. The molecule has 0 spiro atoms. The van der Waals surface area contributed by atoms with Crippen LogP contribution in [0.3, 0.4) is 0 Å². The zero-order valence-electron chi connectivity index (χ0n) is 14.1. The van der Waals surface area contributed by atoms with E-state index in [1.165, 1.54) is 0 Å². The quantitative estimate of drug-likeness (QED) is 0.407. The highest BCUT2D eigenvalue weighted by atomic mass is 28.4. The minimum atomic E-state index is -2.53. The largest absolute Gasteiger partial charge is 0.500 e. The molecule has 0 aliphatic carbocycles. The molecule has 6 heteroatoms. The Morgan fingerprint density at radius 3 is 2.14 bits per heavy atom. The van der Waals surface area contributed by atoms with Crippen LogP contribution >= 0.6 is 0 Å².